The number of rotatable bonds is 10. The second kappa shape index (κ2) is 14.0. The number of carbonyl (C=O) groups is 2. The number of hydrogen-bond donors (Lipinski definition) is 1. The number of methoxy groups -OCH3 is 1. The Balaban J connectivity index is 1.26. The molecule has 1 N–H and O–H groups in total. The van der Waals surface area contributed by atoms with Crippen molar-refractivity contribution >= 4 is 23.1 Å². The van der Waals surface area contributed by atoms with Gasteiger partial charge in [-0.25, -0.2) is 0 Å². The molecule has 1 unspecified atom stereocenters. The average Bonchev–Trinajstić information content (AvgIpc) is 3.05. The van der Waals surface area contributed by atoms with Crippen LogP contribution in [0.3, 0.4) is 0 Å². The Kier molecular flexibility index (Phi) is 9.88. The maximum absolute atomic E-state index is 13.4. The van der Waals surface area contributed by atoms with Crippen LogP contribution in [0.15, 0.2) is 97.1 Å². The van der Waals surface area contributed by atoms with Gasteiger partial charge in [0.15, 0.2) is 5.78 Å². The van der Waals surface area contributed by atoms with Gasteiger partial charge in [0.05, 0.1) is 24.3 Å². The third-order valence-corrected chi connectivity index (χ3v) is 8.08. The Labute approximate surface area is 261 Å². The number of carbonyl (C=O) groups excluding carboxylic acids is 2. The molecule has 234 valence electrons. The minimum absolute atomic E-state index is 0.241. The number of amides is 1. The van der Waals surface area contributed by atoms with Crippen molar-refractivity contribution in [2.75, 3.05) is 43.5 Å². The van der Waals surface area contributed by atoms with Crippen LogP contribution in [-0.4, -0.2) is 49.9 Å². The molecular formula is C36H36F3N3O3. The van der Waals surface area contributed by atoms with Gasteiger partial charge in [0.2, 0.25) is 0 Å². The molecule has 0 aromatic heterocycles. The van der Waals surface area contributed by atoms with E-state index in [2.05, 4.69) is 15.1 Å². The molecule has 1 saturated heterocycles. The van der Waals surface area contributed by atoms with Gasteiger partial charge < -0.3 is 15.0 Å². The largest absolute Gasteiger partial charge is 0.497 e. The minimum atomic E-state index is -4.45. The number of halogens is 3. The van der Waals surface area contributed by atoms with E-state index in [9.17, 15) is 22.8 Å². The number of anilines is 2. The number of benzene rings is 4. The van der Waals surface area contributed by atoms with Gasteiger partial charge in [-0.1, -0.05) is 49.4 Å². The lowest BCUT2D eigenvalue weighted by atomic mass is 9.97. The summed E-state index contributed by atoms with van der Waals surface area (Å²) >= 11 is 0. The first-order valence-electron chi connectivity index (χ1n) is 15.0. The summed E-state index contributed by atoms with van der Waals surface area (Å²) in [6.07, 6.45) is -3.08. The predicted molar refractivity (Wildman–Crippen MR) is 171 cm³/mol. The van der Waals surface area contributed by atoms with Crippen molar-refractivity contribution in [2.24, 2.45) is 0 Å². The maximum atomic E-state index is 13.4. The fourth-order valence-corrected chi connectivity index (χ4v) is 5.74. The lowest BCUT2D eigenvalue weighted by molar-refractivity contribution is -0.137. The van der Waals surface area contributed by atoms with Gasteiger partial charge in [-0.05, 0) is 77.7 Å². The van der Waals surface area contributed by atoms with Gasteiger partial charge in [0, 0.05) is 44.0 Å². The second-order valence-electron chi connectivity index (χ2n) is 11.0. The van der Waals surface area contributed by atoms with E-state index in [-0.39, 0.29) is 17.4 Å². The molecule has 6 nitrogen and oxygen atoms in total. The summed E-state index contributed by atoms with van der Waals surface area (Å²) in [5.74, 6) is 0.292. The van der Waals surface area contributed by atoms with Gasteiger partial charge >= 0.3 is 6.18 Å². The van der Waals surface area contributed by atoms with Crippen molar-refractivity contribution in [3.8, 4) is 16.9 Å². The number of piperazine rings is 1. The van der Waals surface area contributed by atoms with Crippen molar-refractivity contribution < 1.29 is 27.5 Å². The van der Waals surface area contributed by atoms with E-state index in [1.807, 2.05) is 61.5 Å². The molecule has 45 heavy (non-hydrogen) atoms. The highest BCUT2D eigenvalue weighted by Gasteiger charge is 2.31. The highest BCUT2D eigenvalue weighted by molar-refractivity contribution is 6.09. The fraction of sp³-hybridized carbons (Fsp3) is 0.278. The zero-order valence-electron chi connectivity index (χ0n) is 25.3. The Morgan fingerprint density at radius 3 is 2.13 bits per heavy atom. The SMILES string of the molecule is CCCC(=O)C(c1ccccc1)N1CCN(c2ccc(NC(=O)c3cc(OC)ccc3-c3ccc(C(F)(F)F)cc3)cc2)CC1. The van der Waals surface area contributed by atoms with E-state index < -0.39 is 17.6 Å². The molecule has 1 fully saturated rings. The van der Waals surface area contributed by atoms with Crippen LogP contribution in [0.2, 0.25) is 0 Å². The first-order chi connectivity index (χ1) is 21.7. The molecule has 4 aromatic carbocycles. The monoisotopic (exact) mass is 615 g/mol. The summed E-state index contributed by atoms with van der Waals surface area (Å²) in [7, 11) is 1.48. The molecular weight excluding hydrogens is 579 g/mol. The normalized spacial score (nSPS) is 14.6. The van der Waals surface area contributed by atoms with Crippen LogP contribution in [-0.2, 0) is 11.0 Å². The van der Waals surface area contributed by atoms with E-state index in [0.29, 0.717) is 29.0 Å². The number of Topliss-reactive ketones (excluding diaryl/α,β-unsaturated/α-hetero) is 1. The van der Waals surface area contributed by atoms with Crippen molar-refractivity contribution in [3.05, 3.63) is 114 Å². The first-order valence-corrected chi connectivity index (χ1v) is 15.0. The van der Waals surface area contributed by atoms with Crippen LogP contribution < -0.4 is 15.0 Å². The third-order valence-electron chi connectivity index (χ3n) is 8.08. The zero-order valence-corrected chi connectivity index (χ0v) is 25.3. The molecule has 0 saturated carbocycles. The van der Waals surface area contributed by atoms with Crippen molar-refractivity contribution in [1.82, 2.24) is 4.90 Å². The number of nitrogens with one attached hydrogen (secondary N) is 1. The Morgan fingerprint density at radius 2 is 1.53 bits per heavy atom. The second-order valence-corrected chi connectivity index (χ2v) is 11.0. The minimum Gasteiger partial charge on any atom is -0.497 e. The molecule has 9 heteroatoms. The van der Waals surface area contributed by atoms with E-state index >= 15 is 0 Å². The molecule has 5 rings (SSSR count). The van der Waals surface area contributed by atoms with Gasteiger partial charge in [0.1, 0.15) is 5.75 Å². The van der Waals surface area contributed by atoms with Crippen molar-refractivity contribution in [1.29, 1.82) is 0 Å². The third kappa shape index (κ3) is 7.54. The maximum Gasteiger partial charge on any atom is 0.416 e. The predicted octanol–water partition coefficient (Wildman–Crippen LogP) is 7.87. The molecule has 1 heterocycles. The summed E-state index contributed by atoms with van der Waals surface area (Å²) in [6, 6.07) is 26.9. The van der Waals surface area contributed by atoms with E-state index in [1.54, 1.807) is 18.2 Å². The number of ketones is 1. The molecule has 1 amide bonds. The fourth-order valence-electron chi connectivity index (χ4n) is 5.74. The summed E-state index contributed by atoms with van der Waals surface area (Å²) < 4.78 is 44.6. The Hall–Kier alpha value is -4.63. The molecule has 0 spiro atoms. The van der Waals surface area contributed by atoms with E-state index in [1.165, 1.54) is 19.2 Å². The Bertz CT molecular complexity index is 1600. The number of alkyl halides is 3. The summed E-state index contributed by atoms with van der Waals surface area (Å²) in [5.41, 5.74) is 3.11. The van der Waals surface area contributed by atoms with E-state index in [0.717, 1.165) is 56.0 Å². The van der Waals surface area contributed by atoms with Crippen LogP contribution >= 0.6 is 0 Å². The lowest BCUT2D eigenvalue weighted by Gasteiger charge is -2.40. The zero-order chi connectivity index (χ0) is 32.0. The van der Waals surface area contributed by atoms with Gasteiger partial charge in [-0.15, -0.1) is 0 Å². The van der Waals surface area contributed by atoms with Gasteiger partial charge in [-0.3, -0.25) is 14.5 Å². The number of nitrogens with zero attached hydrogens (tertiary/aromatic N) is 2. The summed E-state index contributed by atoms with van der Waals surface area (Å²) in [4.78, 5) is 31.0. The van der Waals surface area contributed by atoms with Gasteiger partial charge in [-0.2, -0.15) is 13.2 Å². The van der Waals surface area contributed by atoms with Crippen molar-refractivity contribution in [2.45, 2.75) is 32.0 Å². The highest BCUT2D eigenvalue weighted by atomic mass is 19.4. The lowest BCUT2D eigenvalue weighted by Crippen LogP contribution is -2.49. The van der Waals surface area contributed by atoms with Crippen LogP contribution in [0.1, 0.15) is 47.3 Å². The van der Waals surface area contributed by atoms with E-state index in [4.69, 9.17) is 4.74 Å². The molecule has 1 atom stereocenters. The number of hydrogen-bond acceptors (Lipinski definition) is 5. The molecule has 1 aliphatic rings. The smallest absolute Gasteiger partial charge is 0.416 e. The molecule has 0 radical (unpaired) electrons. The highest BCUT2D eigenvalue weighted by Crippen LogP contribution is 2.33. The quantitative estimate of drug-likeness (QED) is 0.197. The molecule has 0 bridgehead atoms. The molecule has 0 aliphatic carbocycles. The molecule has 4 aromatic rings. The topological polar surface area (TPSA) is 61.9 Å². The number of ether oxygens (including phenoxy) is 1. The summed E-state index contributed by atoms with van der Waals surface area (Å²) in [5, 5.41) is 2.91. The molecule has 1 aliphatic heterocycles. The summed E-state index contributed by atoms with van der Waals surface area (Å²) in [6.45, 7) is 5.04. The van der Waals surface area contributed by atoms with Gasteiger partial charge in [0.25, 0.3) is 5.91 Å². The van der Waals surface area contributed by atoms with Crippen LogP contribution in [0.4, 0.5) is 24.5 Å². The Morgan fingerprint density at radius 1 is 0.867 bits per heavy atom. The average molecular weight is 616 g/mol. The first kappa shape index (κ1) is 31.8. The standard InChI is InChI=1S/C36H36F3N3O3/c1-3-7-33(43)34(26-8-5-4-6-9-26)42-22-20-41(21-23-42)29-16-14-28(15-17-29)40-35(44)32-24-30(45-2)18-19-31(32)25-10-12-27(13-11-25)36(37,38)39/h4-6,8-19,24,34H,3,7,20-23H2,1-2H3,(H,40,44). The van der Waals surface area contributed by atoms with Crippen LogP contribution in [0.25, 0.3) is 11.1 Å². The van der Waals surface area contributed by atoms with Crippen LogP contribution in [0, 0.1) is 0 Å². The van der Waals surface area contributed by atoms with Crippen molar-refractivity contribution in [3.63, 3.8) is 0 Å². The van der Waals surface area contributed by atoms with Crippen LogP contribution in [0.5, 0.6) is 5.75 Å².